The summed E-state index contributed by atoms with van der Waals surface area (Å²) in [6.07, 6.45) is 4.61. The van der Waals surface area contributed by atoms with Crippen LogP contribution in [-0.2, 0) is 6.42 Å². The highest BCUT2D eigenvalue weighted by molar-refractivity contribution is 5.66. The fourth-order valence-electron chi connectivity index (χ4n) is 3.99. The number of ether oxygens (including phenoxy) is 1. The quantitative estimate of drug-likeness (QED) is 0.447. The summed E-state index contributed by atoms with van der Waals surface area (Å²) in [5.74, 6) is 1.21. The Morgan fingerprint density at radius 1 is 1.00 bits per heavy atom. The molecule has 1 aliphatic heterocycles. The van der Waals surface area contributed by atoms with E-state index in [9.17, 15) is 13.6 Å². The van der Waals surface area contributed by atoms with Gasteiger partial charge in [0, 0.05) is 67.9 Å². The van der Waals surface area contributed by atoms with E-state index in [0.717, 1.165) is 11.1 Å². The molecule has 0 atom stereocenters. The Labute approximate surface area is 198 Å². The van der Waals surface area contributed by atoms with Crippen LogP contribution in [0, 0.1) is 0 Å². The van der Waals surface area contributed by atoms with Gasteiger partial charge in [0.25, 0.3) is 0 Å². The van der Waals surface area contributed by atoms with Gasteiger partial charge in [0.15, 0.2) is 5.65 Å². The lowest BCUT2D eigenvalue weighted by molar-refractivity contribution is -0.0504. The van der Waals surface area contributed by atoms with Gasteiger partial charge >= 0.3 is 12.7 Å². The van der Waals surface area contributed by atoms with Crippen LogP contribution in [0.2, 0.25) is 0 Å². The summed E-state index contributed by atoms with van der Waals surface area (Å²) in [5.41, 5.74) is 2.80. The average molecular weight is 481 g/mol. The molecule has 0 unspecified atom stereocenters. The zero-order valence-corrected chi connectivity index (χ0v) is 18.5. The lowest BCUT2D eigenvalue weighted by atomic mass is 10.1. The summed E-state index contributed by atoms with van der Waals surface area (Å²) in [5, 5.41) is 17.5. The number of para-hydroxylation sites is 1. The molecule has 0 bridgehead atoms. The molecule has 0 saturated carbocycles. The van der Waals surface area contributed by atoms with Crippen molar-refractivity contribution in [1.82, 2.24) is 29.5 Å². The Kier molecular flexibility index (Phi) is 6.08. The molecule has 0 aliphatic carbocycles. The van der Waals surface area contributed by atoms with Gasteiger partial charge in [-0.05, 0) is 18.2 Å². The van der Waals surface area contributed by atoms with Crippen LogP contribution in [0.3, 0.4) is 0 Å². The minimum Gasteiger partial charge on any atom is -0.465 e. The Morgan fingerprint density at radius 2 is 1.74 bits per heavy atom. The summed E-state index contributed by atoms with van der Waals surface area (Å²) >= 11 is 0. The molecule has 3 aromatic heterocycles. The first kappa shape index (κ1) is 22.4. The van der Waals surface area contributed by atoms with Crippen molar-refractivity contribution >= 4 is 17.7 Å². The first-order valence-corrected chi connectivity index (χ1v) is 10.9. The standard InChI is InChI=1S/C23H21F2N7O3/c24-21(25)35-18-4-2-1-3-15(18)11-20-29-28-19-6-5-16(14-32(19)20)17-12-26-22(27-13-17)30-7-9-31(10-8-30)23(33)34/h1-6,12-14,21H,7-11H2,(H,33,34). The van der Waals surface area contributed by atoms with E-state index in [1.807, 2.05) is 23.2 Å². The summed E-state index contributed by atoms with van der Waals surface area (Å²) in [6, 6.07) is 10.3. The van der Waals surface area contributed by atoms with Crippen molar-refractivity contribution in [2.24, 2.45) is 0 Å². The second kappa shape index (κ2) is 9.49. The molecule has 4 heterocycles. The lowest BCUT2D eigenvalue weighted by Crippen LogP contribution is -2.48. The number of carbonyl (C=O) groups is 1. The third kappa shape index (κ3) is 4.81. The zero-order valence-electron chi connectivity index (χ0n) is 18.5. The highest BCUT2D eigenvalue weighted by Crippen LogP contribution is 2.25. The number of nitrogens with zero attached hydrogens (tertiary/aromatic N) is 7. The van der Waals surface area contributed by atoms with Gasteiger partial charge in [-0.25, -0.2) is 14.8 Å². The van der Waals surface area contributed by atoms with Crippen molar-refractivity contribution in [3.8, 4) is 16.9 Å². The maximum Gasteiger partial charge on any atom is 0.407 e. The van der Waals surface area contributed by atoms with Gasteiger partial charge in [0.05, 0.1) is 0 Å². The summed E-state index contributed by atoms with van der Waals surface area (Å²) in [4.78, 5) is 23.3. The number of amides is 1. The number of piperazine rings is 1. The predicted molar refractivity (Wildman–Crippen MR) is 122 cm³/mol. The molecule has 1 aliphatic rings. The number of fused-ring (bicyclic) bond motifs is 1. The molecular formula is C23H21F2N7O3. The molecule has 35 heavy (non-hydrogen) atoms. The monoisotopic (exact) mass is 481 g/mol. The van der Waals surface area contributed by atoms with Gasteiger partial charge in [-0.15, -0.1) is 10.2 Å². The Morgan fingerprint density at radius 3 is 2.46 bits per heavy atom. The number of benzene rings is 1. The first-order chi connectivity index (χ1) is 17.0. The molecule has 5 rings (SSSR count). The third-order valence-electron chi connectivity index (χ3n) is 5.81. The molecule has 12 heteroatoms. The van der Waals surface area contributed by atoms with Crippen LogP contribution >= 0.6 is 0 Å². The molecule has 1 N–H and O–H groups in total. The van der Waals surface area contributed by atoms with Crippen molar-refractivity contribution in [2.75, 3.05) is 31.1 Å². The van der Waals surface area contributed by atoms with Gasteiger partial charge < -0.3 is 19.6 Å². The van der Waals surface area contributed by atoms with Gasteiger partial charge in [0.2, 0.25) is 5.95 Å². The molecule has 10 nitrogen and oxygen atoms in total. The van der Waals surface area contributed by atoms with Gasteiger partial charge in [-0.3, -0.25) is 4.40 Å². The van der Waals surface area contributed by atoms with Crippen molar-refractivity contribution in [2.45, 2.75) is 13.0 Å². The summed E-state index contributed by atoms with van der Waals surface area (Å²) in [7, 11) is 0. The number of pyridine rings is 1. The molecule has 1 fully saturated rings. The fraction of sp³-hybridized carbons (Fsp3) is 0.261. The molecular weight excluding hydrogens is 460 g/mol. The molecule has 180 valence electrons. The SMILES string of the molecule is O=C(O)N1CCN(c2ncc(-c3ccc4nnc(Cc5ccccc5OC(F)F)n4c3)cn2)CC1. The van der Waals surface area contributed by atoms with E-state index in [-0.39, 0.29) is 12.2 Å². The van der Waals surface area contributed by atoms with Crippen LogP contribution in [-0.4, -0.2) is 73.5 Å². The molecule has 0 radical (unpaired) electrons. The fourth-order valence-corrected chi connectivity index (χ4v) is 3.99. The number of halogens is 2. The van der Waals surface area contributed by atoms with Crippen LogP contribution in [0.5, 0.6) is 5.75 Å². The van der Waals surface area contributed by atoms with E-state index in [0.29, 0.717) is 49.2 Å². The third-order valence-corrected chi connectivity index (χ3v) is 5.81. The topological polar surface area (TPSA) is 109 Å². The molecule has 1 amide bonds. The Hall–Kier alpha value is -4.35. The van der Waals surface area contributed by atoms with Crippen LogP contribution in [0.15, 0.2) is 55.0 Å². The average Bonchev–Trinajstić information content (AvgIpc) is 3.27. The molecule has 0 spiro atoms. The lowest BCUT2D eigenvalue weighted by Gasteiger charge is -2.33. The molecule has 1 saturated heterocycles. The van der Waals surface area contributed by atoms with Crippen molar-refractivity contribution in [3.63, 3.8) is 0 Å². The van der Waals surface area contributed by atoms with Crippen molar-refractivity contribution in [1.29, 1.82) is 0 Å². The van der Waals surface area contributed by atoms with Crippen LogP contribution in [0.1, 0.15) is 11.4 Å². The van der Waals surface area contributed by atoms with Crippen LogP contribution < -0.4 is 9.64 Å². The number of aromatic nitrogens is 5. The van der Waals surface area contributed by atoms with Crippen LogP contribution in [0.25, 0.3) is 16.8 Å². The van der Waals surface area contributed by atoms with Crippen LogP contribution in [0.4, 0.5) is 19.5 Å². The molecule has 1 aromatic carbocycles. The predicted octanol–water partition coefficient (Wildman–Crippen LogP) is 3.18. The van der Waals surface area contributed by atoms with E-state index in [4.69, 9.17) is 5.11 Å². The van der Waals surface area contributed by atoms with Crippen molar-refractivity contribution in [3.05, 3.63) is 66.4 Å². The maximum atomic E-state index is 12.8. The van der Waals surface area contributed by atoms with Gasteiger partial charge in [-0.2, -0.15) is 8.78 Å². The summed E-state index contributed by atoms with van der Waals surface area (Å²) in [6.45, 7) is -1.06. The number of hydrogen-bond acceptors (Lipinski definition) is 7. The smallest absolute Gasteiger partial charge is 0.407 e. The molecule has 4 aromatic rings. The number of hydrogen-bond donors (Lipinski definition) is 1. The first-order valence-electron chi connectivity index (χ1n) is 10.9. The normalized spacial score (nSPS) is 14.0. The van der Waals surface area contributed by atoms with E-state index in [2.05, 4.69) is 24.9 Å². The Balaban J connectivity index is 1.36. The van der Waals surface area contributed by atoms with Gasteiger partial charge in [0.1, 0.15) is 11.6 Å². The van der Waals surface area contributed by atoms with Gasteiger partial charge in [-0.1, -0.05) is 18.2 Å². The van der Waals surface area contributed by atoms with E-state index < -0.39 is 12.7 Å². The van der Waals surface area contributed by atoms with E-state index in [1.165, 1.54) is 11.0 Å². The Bertz CT molecular complexity index is 1340. The largest absolute Gasteiger partial charge is 0.465 e. The van der Waals surface area contributed by atoms with Crippen molar-refractivity contribution < 1.29 is 23.4 Å². The number of rotatable bonds is 6. The second-order valence-electron chi connectivity index (χ2n) is 7.95. The minimum absolute atomic E-state index is 0.101. The number of carboxylic acid groups (broad SMARTS) is 1. The number of anilines is 1. The van der Waals surface area contributed by atoms with E-state index in [1.54, 1.807) is 35.0 Å². The summed E-state index contributed by atoms with van der Waals surface area (Å²) < 4.78 is 32.0. The van der Waals surface area contributed by atoms with E-state index >= 15 is 0 Å². The zero-order chi connectivity index (χ0) is 24.4. The number of alkyl halides is 2. The maximum absolute atomic E-state index is 12.8. The second-order valence-corrected chi connectivity index (χ2v) is 7.95. The highest BCUT2D eigenvalue weighted by Gasteiger charge is 2.22. The highest BCUT2D eigenvalue weighted by atomic mass is 19.3. The minimum atomic E-state index is -2.91.